The molecule has 2 N–H and O–H groups in total. The van der Waals surface area contributed by atoms with E-state index in [0.717, 1.165) is 6.42 Å². The van der Waals surface area contributed by atoms with Crippen LogP contribution in [0.25, 0.3) is 11.3 Å². The summed E-state index contributed by atoms with van der Waals surface area (Å²) < 4.78 is 4.94. The summed E-state index contributed by atoms with van der Waals surface area (Å²) in [5.41, 5.74) is 1.36. The number of rotatable bonds is 6. The van der Waals surface area contributed by atoms with Gasteiger partial charge in [0.15, 0.2) is 5.69 Å². The number of carboxylic acid groups (broad SMARTS) is 1. The number of nitrogens with zero attached hydrogens (tertiary/aromatic N) is 3. The van der Waals surface area contributed by atoms with Crippen LogP contribution >= 0.6 is 0 Å². The van der Waals surface area contributed by atoms with Crippen LogP contribution in [0.15, 0.2) is 36.7 Å². The minimum Gasteiger partial charge on any atom is -0.476 e. The molecule has 1 aliphatic heterocycles. The van der Waals surface area contributed by atoms with Crippen LogP contribution in [0.1, 0.15) is 27.3 Å². The molecule has 0 spiro atoms. The van der Waals surface area contributed by atoms with Gasteiger partial charge in [0.2, 0.25) is 0 Å². The lowest BCUT2D eigenvalue weighted by Crippen LogP contribution is -2.42. The first-order chi connectivity index (χ1) is 13.0. The molecule has 9 nitrogen and oxygen atoms in total. The fourth-order valence-electron chi connectivity index (χ4n) is 2.61. The summed E-state index contributed by atoms with van der Waals surface area (Å²) in [5, 5.41) is 11.7. The molecule has 2 amide bonds. The van der Waals surface area contributed by atoms with Crippen LogP contribution in [0, 0.1) is 0 Å². The number of hydrogen-bond donors (Lipinski definition) is 2. The lowest BCUT2D eigenvalue weighted by atomic mass is 10.1. The van der Waals surface area contributed by atoms with Crippen molar-refractivity contribution in [1.82, 2.24) is 20.2 Å². The summed E-state index contributed by atoms with van der Waals surface area (Å²) in [6.45, 7) is 1.77. The molecule has 0 bridgehead atoms. The van der Waals surface area contributed by atoms with Crippen molar-refractivity contribution >= 4 is 18.0 Å². The molecule has 2 heterocycles. The second-order valence-electron chi connectivity index (χ2n) is 5.88. The van der Waals surface area contributed by atoms with Gasteiger partial charge in [0, 0.05) is 30.8 Å². The van der Waals surface area contributed by atoms with Gasteiger partial charge in [-0.05, 0) is 18.6 Å². The van der Waals surface area contributed by atoms with Gasteiger partial charge in [0.05, 0.1) is 24.7 Å². The molecule has 1 fully saturated rings. The van der Waals surface area contributed by atoms with Gasteiger partial charge in [-0.15, -0.1) is 0 Å². The number of hydrogen-bond acceptors (Lipinski definition) is 6. The van der Waals surface area contributed by atoms with Gasteiger partial charge in [0.25, 0.3) is 5.91 Å². The zero-order valence-electron chi connectivity index (χ0n) is 14.4. The van der Waals surface area contributed by atoms with Crippen LogP contribution in [0.4, 0.5) is 4.79 Å². The molecule has 1 aromatic heterocycles. The monoisotopic (exact) mass is 370 g/mol. The first-order valence-electron chi connectivity index (χ1n) is 8.40. The molecule has 2 aromatic rings. The Labute approximate surface area is 155 Å². The number of cyclic esters (lactones) is 1. The van der Waals surface area contributed by atoms with E-state index in [1.165, 1.54) is 12.4 Å². The van der Waals surface area contributed by atoms with Gasteiger partial charge in [-0.25, -0.2) is 14.6 Å². The van der Waals surface area contributed by atoms with Gasteiger partial charge in [-0.2, -0.15) is 0 Å². The Balaban J connectivity index is 1.58. The molecule has 9 heteroatoms. The van der Waals surface area contributed by atoms with Crippen molar-refractivity contribution < 1.29 is 24.2 Å². The van der Waals surface area contributed by atoms with E-state index >= 15 is 0 Å². The Hall–Kier alpha value is -3.49. The van der Waals surface area contributed by atoms with Crippen LogP contribution in [-0.2, 0) is 4.74 Å². The van der Waals surface area contributed by atoms with Gasteiger partial charge in [0.1, 0.15) is 0 Å². The van der Waals surface area contributed by atoms with Gasteiger partial charge >= 0.3 is 12.1 Å². The number of ether oxygens (including phenoxy) is 1. The summed E-state index contributed by atoms with van der Waals surface area (Å²) in [4.78, 5) is 44.1. The average Bonchev–Trinajstić information content (AvgIpc) is 2.69. The fourth-order valence-corrected chi connectivity index (χ4v) is 2.61. The highest BCUT2D eigenvalue weighted by Gasteiger charge is 2.19. The quantitative estimate of drug-likeness (QED) is 0.788. The molecule has 1 aliphatic rings. The van der Waals surface area contributed by atoms with Crippen LogP contribution in [-0.4, -0.2) is 64.2 Å². The second kappa shape index (κ2) is 8.26. The SMILES string of the molecule is O=C(NCCN1CCCOC1=O)c1ccc(-c2cncc(C(=O)O)n2)cc1. The Morgan fingerprint density at radius 1 is 1.22 bits per heavy atom. The predicted molar refractivity (Wildman–Crippen MR) is 94.3 cm³/mol. The molecule has 0 radical (unpaired) electrons. The molecule has 3 rings (SSSR count). The number of amides is 2. The first kappa shape index (κ1) is 18.3. The molecule has 27 heavy (non-hydrogen) atoms. The van der Waals surface area contributed by atoms with E-state index in [1.807, 2.05) is 0 Å². The lowest BCUT2D eigenvalue weighted by Gasteiger charge is -2.26. The third kappa shape index (κ3) is 4.57. The Bertz CT molecular complexity index is 853. The smallest absolute Gasteiger partial charge is 0.409 e. The van der Waals surface area contributed by atoms with E-state index in [9.17, 15) is 14.4 Å². The number of benzene rings is 1. The van der Waals surface area contributed by atoms with Crippen LogP contribution in [0.2, 0.25) is 0 Å². The highest BCUT2D eigenvalue weighted by atomic mass is 16.6. The molecular formula is C18H18N4O5. The van der Waals surface area contributed by atoms with E-state index in [2.05, 4.69) is 15.3 Å². The standard InChI is InChI=1S/C18H18N4O5/c23-16(20-6-8-22-7-1-9-27-18(22)26)13-4-2-12(3-5-13)14-10-19-11-15(21-14)17(24)25/h2-5,10-11H,1,6-9H2,(H,20,23)(H,24,25). The number of aromatic nitrogens is 2. The van der Waals surface area contributed by atoms with Crippen molar-refractivity contribution in [3.63, 3.8) is 0 Å². The van der Waals surface area contributed by atoms with Gasteiger partial charge in [-0.1, -0.05) is 12.1 Å². The predicted octanol–water partition coefficient (Wildman–Crippen LogP) is 1.41. The Morgan fingerprint density at radius 2 is 2.00 bits per heavy atom. The molecule has 1 saturated heterocycles. The molecule has 0 saturated carbocycles. The number of carbonyl (C=O) groups is 3. The first-order valence-corrected chi connectivity index (χ1v) is 8.40. The summed E-state index contributed by atoms with van der Waals surface area (Å²) >= 11 is 0. The molecule has 140 valence electrons. The normalized spacial score (nSPS) is 13.8. The fraction of sp³-hybridized carbons (Fsp3) is 0.278. The zero-order valence-corrected chi connectivity index (χ0v) is 14.4. The Morgan fingerprint density at radius 3 is 2.70 bits per heavy atom. The molecular weight excluding hydrogens is 352 g/mol. The molecule has 0 unspecified atom stereocenters. The van der Waals surface area contributed by atoms with E-state index in [1.54, 1.807) is 29.2 Å². The number of aromatic carboxylic acids is 1. The van der Waals surface area contributed by atoms with Crippen molar-refractivity contribution in [2.75, 3.05) is 26.2 Å². The van der Waals surface area contributed by atoms with E-state index < -0.39 is 5.97 Å². The van der Waals surface area contributed by atoms with Crippen molar-refractivity contribution in [3.05, 3.63) is 47.9 Å². The van der Waals surface area contributed by atoms with E-state index in [4.69, 9.17) is 9.84 Å². The minimum atomic E-state index is -1.15. The highest BCUT2D eigenvalue weighted by Crippen LogP contribution is 2.17. The maximum absolute atomic E-state index is 12.2. The third-order valence-corrected chi connectivity index (χ3v) is 4.02. The second-order valence-corrected chi connectivity index (χ2v) is 5.88. The average molecular weight is 370 g/mol. The minimum absolute atomic E-state index is 0.148. The summed E-state index contributed by atoms with van der Waals surface area (Å²) in [7, 11) is 0. The highest BCUT2D eigenvalue weighted by molar-refractivity contribution is 5.94. The largest absolute Gasteiger partial charge is 0.476 e. The van der Waals surface area contributed by atoms with Gasteiger partial charge in [-0.3, -0.25) is 9.78 Å². The molecule has 0 aliphatic carbocycles. The molecule has 0 atom stereocenters. The van der Waals surface area contributed by atoms with E-state index in [0.29, 0.717) is 43.1 Å². The number of carbonyl (C=O) groups excluding carboxylic acids is 2. The topological polar surface area (TPSA) is 122 Å². The van der Waals surface area contributed by atoms with Crippen LogP contribution in [0.3, 0.4) is 0 Å². The summed E-state index contributed by atoms with van der Waals surface area (Å²) in [6, 6.07) is 6.59. The molecule has 1 aromatic carbocycles. The van der Waals surface area contributed by atoms with Crippen LogP contribution in [0.5, 0.6) is 0 Å². The summed E-state index contributed by atoms with van der Waals surface area (Å²) in [6.07, 6.45) is 3.06. The van der Waals surface area contributed by atoms with Crippen LogP contribution < -0.4 is 5.32 Å². The number of nitrogens with one attached hydrogen (secondary N) is 1. The van der Waals surface area contributed by atoms with Gasteiger partial charge < -0.3 is 20.1 Å². The van der Waals surface area contributed by atoms with Crippen molar-refractivity contribution in [2.24, 2.45) is 0 Å². The third-order valence-electron chi connectivity index (χ3n) is 4.02. The lowest BCUT2D eigenvalue weighted by molar-refractivity contribution is 0.0688. The Kier molecular flexibility index (Phi) is 5.60. The van der Waals surface area contributed by atoms with Crippen molar-refractivity contribution in [1.29, 1.82) is 0 Å². The summed E-state index contributed by atoms with van der Waals surface area (Å²) in [5.74, 6) is -1.42. The zero-order chi connectivity index (χ0) is 19.2. The number of carboxylic acids is 1. The maximum Gasteiger partial charge on any atom is 0.409 e. The van der Waals surface area contributed by atoms with Crippen molar-refractivity contribution in [3.8, 4) is 11.3 Å². The van der Waals surface area contributed by atoms with Crippen molar-refractivity contribution in [2.45, 2.75) is 6.42 Å². The maximum atomic E-state index is 12.2. The van der Waals surface area contributed by atoms with E-state index in [-0.39, 0.29) is 17.7 Å².